The molecule has 0 bridgehead atoms. The number of nitrogens with zero attached hydrogens (tertiary/aromatic N) is 2. The standard InChI is InChI=1S/C12H20ClN3/c1-9-12(13)11(16(2)15-9)8-14-7-10-5-3-4-6-10/h10,14H,3-8H2,1-2H3. The van der Waals surface area contributed by atoms with E-state index < -0.39 is 0 Å². The topological polar surface area (TPSA) is 29.9 Å². The van der Waals surface area contributed by atoms with Gasteiger partial charge in [0.2, 0.25) is 0 Å². The van der Waals surface area contributed by atoms with Crippen LogP contribution < -0.4 is 5.32 Å². The summed E-state index contributed by atoms with van der Waals surface area (Å²) >= 11 is 6.19. The van der Waals surface area contributed by atoms with E-state index in [1.165, 1.54) is 25.7 Å². The van der Waals surface area contributed by atoms with Crippen molar-refractivity contribution in [2.75, 3.05) is 6.54 Å². The highest BCUT2D eigenvalue weighted by atomic mass is 35.5. The summed E-state index contributed by atoms with van der Waals surface area (Å²) in [6.07, 6.45) is 5.56. The lowest BCUT2D eigenvalue weighted by Gasteiger charge is -2.10. The van der Waals surface area contributed by atoms with E-state index in [2.05, 4.69) is 10.4 Å². The van der Waals surface area contributed by atoms with Crippen molar-refractivity contribution in [2.45, 2.75) is 39.2 Å². The molecule has 0 aromatic carbocycles. The summed E-state index contributed by atoms with van der Waals surface area (Å²) < 4.78 is 1.87. The first-order valence-electron chi connectivity index (χ1n) is 6.07. The summed E-state index contributed by atoms with van der Waals surface area (Å²) in [5.41, 5.74) is 2.01. The van der Waals surface area contributed by atoms with E-state index in [1.807, 2.05) is 18.7 Å². The second-order valence-corrected chi connectivity index (χ2v) is 5.13. The molecule has 0 unspecified atom stereocenters. The summed E-state index contributed by atoms with van der Waals surface area (Å²) in [5.74, 6) is 0.869. The van der Waals surface area contributed by atoms with Crippen molar-refractivity contribution >= 4 is 11.6 Å². The van der Waals surface area contributed by atoms with Gasteiger partial charge in [-0.1, -0.05) is 24.4 Å². The Morgan fingerprint density at radius 2 is 2.12 bits per heavy atom. The van der Waals surface area contributed by atoms with Crippen LogP contribution in [0.15, 0.2) is 0 Å². The van der Waals surface area contributed by atoms with Crippen LogP contribution in [0, 0.1) is 12.8 Å². The molecular weight excluding hydrogens is 222 g/mol. The van der Waals surface area contributed by atoms with E-state index in [0.29, 0.717) is 0 Å². The van der Waals surface area contributed by atoms with E-state index in [-0.39, 0.29) is 0 Å². The lowest BCUT2D eigenvalue weighted by molar-refractivity contribution is 0.481. The Morgan fingerprint density at radius 1 is 1.44 bits per heavy atom. The van der Waals surface area contributed by atoms with Crippen molar-refractivity contribution in [3.05, 3.63) is 16.4 Å². The summed E-state index contributed by atoms with van der Waals surface area (Å²) in [6.45, 7) is 3.88. The molecule has 0 saturated heterocycles. The minimum Gasteiger partial charge on any atom is -0.311 e. The lowest BCUT2D eigenvalue weighted by atomic mass is 10.1. The first kappa shape index (κ1) is 11.9. The molecule has 16 heavy (non-hydrogen) atoms. The van der Waals surface area contributed by atoms with Gasteiger partial charge in [-0.3, -0.25) is 4.68 Å². The average Bonchev–Trinajstić information content (AvgIpc) is 2.82. The molecule has 0 aliphatic heterocycles. The van der Waals surface area contributed by atoms with Gasteiger partial charge in [-0.2, -0.15) is 5.10 Å². The molecule has 1 N–H and O–H groups in total. The summed E-state index contributed by atoms with van der Waals surface area (Å²) in [7, 11) is 1.95. The number of halogens is 1. The van der Waals surface area contributed by atoms with Crippen LogP contribution in [0.4, 0.5) is 0 Å². The molecule has 0 spiro atoms. The predicted molar refractivity (Wildman–Crippen MR) is 66.6 cm³/mol. The van der Waals surface area contributed by atoms with Crippen LogP contribution >= 0.6 is 11.6 Å². The maximum absolute atomic E-state index is 6.19. The number of rotatable bonds is 4. The Kier molecular flexibility index (Phi) is 3.87. The van der Waals surface area contributed by atoms with E-state index in [4.69, 9.17) is 11.6 Å². The van der Waals surface area contributed by atoms with E-state index >= 15 is 0 Å². The predicted octanol–water partition coefficient (Wildman–Crippen LogP) is 2.66. The van der Waals surface area contributed by atoms with Gasteiger partial charge < -0.3 is 5.32 Å². The highest BCUT2D eigenvalue weighted by Gasteiger charge is 2.15. The quantitative estimate of drug-likeness (QED) is 0.879. The maximum atomic E-state index is 6.19. The van der Waals surface area contributed by atoms with Crippen LogP contribution in [0.2, 0.25) is 5.02 Å². The van der Waals surface area contributed by atoms with Gasteiger partial charge >= 0.3 is 0 Å². The van der Waals surface area contributed by atoms with E-state index in [9.17, 15) is 0 Å². The number of hydrogen-bond donors (Lipinski definition) is 1. The van der Waals surface area contributed by atoms with Crippen LogP contribution in [0.25, 0.3) is 0 Å². The molecule has 0 atom stereocenters. The van der Waals surface area contributed by atoms with Crippen molar-refractivity contribution in [1.82, 2.24) is 15.1 Å². The summed E-state index contributed by atoms with van der Waals surface area (Å²) in [5, 5.41) is 8.61. The van der Waals surface area contributed by atoms with Crippen molar-refractivity contribution < 1.29 is 0 Å². The molecule has 3 nitrogen and oxygen atoms in total. The Hall–Kier alpha value is -0.540. The molecule has 1 aromatic heterocycles. The van der Waals surface area contributed by atoms with Crippen molar-refractivity contribution in [3.8, 4) is 0 Å². The molecule has 1 saturated carbocycles. The molecule has 0 amide bonds. The smallest absolute Gasteiger partial charge is 0.0860 e. The van der Waals surface area contributed by atoms with Crippen LogP contribution in [0.1, 0.15) is 37.1 Å². The van der Waals surface area contributed by atoms with Crippen LogP contribution in [-0.4, -0.2) is 16.3 Å². The highest BCUT2D eigenvalue weighted by molar-refractivity contribution is 6.31. The number of aryl methyl sites for hydroxylation is 2. The minimum absolute atomic E-state index is 0.807. The summed E-state index contributed by atoms with van der Waals surface area (Å²) in [4.78, 5) is 0. The lowest BCUT2D eigenvalue weighted by Crippen LogP contribution is -2.22. The van der Waals surface area contributed by atoms with Gasteiger partial charge in [0.25, 0.3) is 0 Å². The van der Waals surface area contributed by atoms with E-state index in [0.717, 1.165) is 35.4 Å². The van der Waals surface area contributed by atoms with Gasteiger partial charge in [0.1, 0.15) is 0 Å². The molecule has 1 aliphatic rings. The van der Waals surface area contributed by atoms with Crippen LogP contribution in [0.5, 0.6) is 0 Å². The van der Waals surface area contributed by atoms with Crippen molar-refractivity contribution in [2.24, 2.45) is 13.0 Å². The first-order valence-corrected chi connectivity index (χ1v) is 6.45. The molecule has 2 rings (SSSR count). The molecule has 4 heteroatoms. The molecule has 90 valence electrons. The second kappa shape index (κ2) is 5.19. The Morgan fingerprint density at radius 3 is 2.69 bits per heavy atom. The molecule has 0 radical (unpaired) electrons. The molecule has 1 aromatic rings. The fraction of sp³-hybridized carbons (Fsp3) is 0.750. The van der Waals surface area contributed by atoms with Gasteiger partial charge in [-0.25, -0.2) is 0 Å². The maximum Gasteiger partial charge on any atom is 0.0860 e. The average molecular weight is 242 g/mol. The SMILES string of the molecule is Cc1nn(C)c(CNCC2CCCC2)c1Cl. The molecular formula is C12H20ClN3. The largest absolute Gasteiger partial charge is 0.311 e. The fourth-order valence-corrected chi connectivity index (χ4v) is 2.71. The van der Waals surface area contributed by atoms with Gasteiger partial charge in [-0.15, -0.1) is 0 Å². The monoisotopic (exact) mass is 241 g/mol. The van der Waals surface area contributed by atoms with E-state index in [1.54, 1.807) is 0 Å². The van der Waals surface area contributed by atoms with Gasteiger partial charge in [0, 0.05) is 13.6 Å². The Labute approximate surface area is 102 Å². The Bertz CT molecular complexity index is 353. The van der Waals surface area contributed by atoms with Crippen LogP contribution in [0.3, 0.4) is 0 Å². The van der Waals surface area contributed by atoms with Crippen LogP contribution in [-0.2, 0) is 13.6 Å². The fourth-order valence-electron chi connectivity index (χ4n) is 2.48. The zero-order valence-electron chi connectivity index (χ0n) is 10.1. The van der Waals surface area contributed by atoms with Crippen molar-refractivity contribution in [1.29, 1.82) is 0 Å². The Balaban J connectivity index is 1.84. The third-order valence-corrected chi connectivity index (χ3v) is 3.95. The number of hydrogen-bond acceptors (Lipinski definition) is 2. The number of aromatic nitrogens is 2. The van der Waals surface area contributed by atoms with Gasteiger partial charge in [0.05, 0.1) is 16.4 Å². The van der Waals surface area contributed by atoms with Gasteiger partial charge in [0.15, 0.2) is 0 Å². The first-order chi connectivity index (χ1) is 7.68. The van der Waals surface area contributed by atoms with Gasteiger partial charge in [-0.05, 0) is 32.2 Å². The third-order valence-electron chi connectivity index (χ3n) is 3.46. The highest BCUT2D eigenvalue weighted by Crippen LogP contribution is 2.24. The molecule has 1 fully saturated rings. The zero-order valence-corrected chi connectivity index (χ0v) is 10.8. The normalized spacial score (nSPS) is 17.2. The van der Waals surface area contributed by atoms with Crippen molar-refractivity contribution in [3.63, 3.8) is 0 Å². The zero-order chi connectivity index (χ0) is 11.5. The summed E-state index contributed by atoms with van der Waals surface area (Å²) in [6, 6.07) is 0. The molecule has 1 heterocycles. The molecule has 1 aliphatic carbocycles. The number of nitrogens with one attached hydrogen (secondary N) is 1. The third kappa shape index (κ3) is 2.58. The minimum atomic E-state index is 0.807. The second-order valence-electron chi connectivity index (χ2n) is 4.75.